The van der Waals surface area contributed by atoms with Gasteiger partial charge in [-0.2, -0.15) is 0 Å². The zero-order chi connectivity index (χ0) is 12.5. The van der Waals surface area contributed by atoms with Crippen LogP contribution in [0.2, 0.25) is 0 Å². The number of hydrogen-bond donors (Lipinski definition) is 1. The van der Waals surface area contributed by atoms with E-state index in [0.29, 0.717) is 5.82 Å². The first-order chi connectivity index (χ1) is 8.74. The normalized spacial score (nSPS) is 17.3. The quantitative estimate of drug-likeness (QED) is 0.812. The molecule has 1 N–H and O–H groups in total. The molecular weight excluding hydrogens is 228 g/mol. The molecule has 5 heteroatoms. The average Bonchev–Trinajstić information content (AvgIpc) is 2.82. The molecule has 0 spiro atoms. The number of rotatable bonds is 1. The molecule has 1 aromatic heterocycles. The topological polar surface area (TPSA) is 52.2 Å². The second-order valence-corrected chi connectivity index (χ2v) is 4.70. The highest BCUT2D eigenvalue weighted by Crippen LogP contribution is 2.12. The summed E-state index contributed by atoms with van der Waals surface area (Å²) in [6, 6.07) is 7.70. The van der Waals surface area contributed by atoms with Crippen LogP contribution in [-0.2, 0) is 0 Å². The summed E-state index contributed by atoms with van der Waals surface area (Å²) in [4.78, 5) is 23.8. The van der Waals surface area contributed by atoms with Crippen molar-refractivity contribution < 1.29 is 4.79 Å². The number of nitrogens with one attached hydrogen (secondary N) is 1. The molecule has 1 fully saturated rings. The molecule has 1 saturated heterocycles. The van der Waals surface area contributed by atoms with Gasteiger partial charge in [0, 0.05) is 26.2 Å². The minimum atomic E-state index is -0.000648. The number of carbonyl (C=O) groups excluding carboxylic acids is 1. The summed E-state index contributed by atoms with van der Waals surface area (Å²) in [5, 5.41) is 0. The van der Waals surface area contributed by atoms with Crippen molar-refractivity contribution in [2.24, 2.45) is 0 Å². The monoisotopic (exact) mass is 244 g/mol. The van der Waals surface area contributed by atoms with E-state index >= 15 is 0 Å². The maximum Gasteiger partial charge on any atom is 0.289 e. The molecule has 2 aromatic rings. The Balaban J connectivity index is 1.83. The van der Waals surface area contributed by atoms with Gasteiger partial charge in [-0.3, -0.25) is 4.79 Å². The Morgan fingerprint density at radius 2 is 1.94 bits per heavy atom. The van der Waals surface area contributed by atoms with E-state index in [2.05, 4.69) is 21.9 Å². The van der Waals surface area contributed by atoms with Gasteiger partial charge in [-0.05, 0) is 19.2 Å². The van der Waals surface area contributed by atoms with E-state index in [1.165, 1.54) is 0 Å². The number of carbonyl (C=O) groups is 1. The summed E-state index contributed by atoms with van der Waals surface area (Å²) < 4.78 is 0. The van der Waals surface area contributed by atoms with Crippen LogP contribution in [0.5, 0.6) is 0 Å². The molecule has 0 radical (unpaired) electrons. The fraction of sp³-hybridized carbons (Fsp3) is 0.385. The number of hydrogen-bond acceptors (Lipinski definition) is 3. The van der Waals surface area contributed by atoms with Crippen LogP contribution in [-0.4, -0.2) is 58.9 Å². The third kappa shape index (κ3) is 1.97. The summed E-state index contributed by atoms with van der Waals surface area (Å²) in [7, 11) is 2.07. The lowest BCUT2D eigenvalue weighted by Gasteiger charge is -2.31. The second-order valence-electron chi connectivity index (χ2n) is 4.70. The van der Waals surface area contributed by atoms with Crippen molar-refractivity contribution >= 4 is 16.9 Å². The summed E-state index contributed by atoms with van der Waals surface area (Å²) in [5.74, 6) is 0.444. The van der Waals surface area contributed by atoms with Crippen LogP contribution < -0.4 is 0 Å². The van der Waals surface area contributed by atoms with E-state index in [9.17, 15) is 4.79 Å². The van der Waals surface area contributed by atoms with Crippen molar-refractivity contribution in [3.8, 4) is 0 Å². The van der Waals surface area contributed by atoms with E-state index in [-0.39, 0.29) is 5.91 Å². The first-order valence-electron chi connectivity index (χ1n) is 6.16. The molecular formula is C13H16N4O. The van der Waals surface area contributed by atoms with Crippen molar-refractivity contribution in [2.75, 3.05) is 33.2 Å². The number of para-hydroxylation sites is 2. The number of benzene rings is 1. The van der Waals surface area contributed by atoms with Gasteiger partial charge >= 0.3 is 0 Å². The molecule has 18 heavy (non-hydrogen) atoms. The summed E-state index contributed by atoms with van der Waals surface area (Å²) in [6.45, 7) is 3.39. The highest BCUT2D eigenvalue weighted by Gasteiger charge is 2.22. The molecule has 0 aliphatic carbocycles. The number of imidazole rings is 1. The molecule has 0 atom stereocenters. The van der Waals surface area contributed by atoms with Crippen molar-refractivity contribution in [3.05, 3.63) is 30.1 Å². The van der Waals surface area contributed by atoms with E-state index in [1.54, 1.807) is 0 Å². The number of amides is 1. The van der Waals surface area contributed by atoms with Crippen LogP contribution in [0.15, 0.2) is 24.3 Å². The SMILES string of the molecule is CN1CCN(C(=O)c2nc3ccccc3[nH]2)CC1. The van der Waals surface area contributed by atoms with Crippen LogP contribution in [0.4, 0.5) is 0 Å². The molecule has 94 valence electrons. The molecule has 0 bridgehead atoms. The van der Waals surface area contributed by atoms with E-state index in [1.807, 2.05) is 29.2 Å². The molecule has 2 heterocycles. The molecule has 0 saturated carbocycles. The first kappa shape index (κ1) is 11.2. The molecule has 1 aliphatic heterocycles. The molecule has 1 aromatic carbocycles. The summed E-state index contributed by atoms with van der Waals surface area (Å²) >= 11 is 0. The van der Waals surface area contributed by atoms with Gasteiger partial charge in [-0.15, -0.1) is 0 Å². The van der Waals surface area contributed by atoms with Crippen molar-refractivity contribution in [2.45, 2.75) is 0 Å². The Kier molecular flexibility index (Phi) is 2.76. The van der Waals surface area contributed by atoms with Gasteiger partial charge in [0.2, 0.25) is 0 Å². The average molecular weight is 244 g/mol. The van der Waals surface area contributed by atoms with Gasteiger partial charge in [0.25, 0.3) is 5.91 Å². The zero-order valence-electron chi connectivity index (χ0n) is 10.4. The Labute approximate surface area is 105 Å². The largest absolute Gasteiger partial charge is 0.334 e. The molecule has 3 rings (SSSR count). The molecule has 5 nitrogen and oxygen atoms in total. The number of aromatic nitrogens is 2. The van der Waals surface area contributed by atoms with Crippen LogP contribution in [0.1, 0.15) is 10.6 Å². The number of piperazine rings is 1. The molecule has 1 amide bonds. The third-order valence-corrected chi connectivity index (χ3v) is 3.38. The van der Waals surface area contributed by atoms with E-state index in [4.69, 9.17) is 0 Å². The summed E-state index contributed by atoms with van der Waals surface area (Å²) in [5.41, 5.74) is 1.75. The first-order valence-corrected chi connectivity index (χ1v) is 6.16. The molecule has 0 unspecified atom stereocenters. The molecule has 1 aliphatic rings. The van der Waals surface area contributed by atoms with E-state index < -0.39 is 0 Å². The predicted molar refractivity (Wildman–Crippen MR) is 69.5 cm³/mol. The zero-order valence-corrected chi connectivity index (χ0v) is 10.4. The fourth-order valence-electron chi connectivity index (χ4n) is 2.21. The van der Waals surface area contributed by atoms with Crippen LogP contribution >= 0.6 is 0 Å². The Bertz CT molecular complexity index is 536. The standard InChI is InChI=1S/C13H16N4O/c1-16-6-8-17(9-7-16)13(18)12-14-10-4-2-3-5-11(10)15-12/h2-5H,6-9H2,1H3,(H,14,15). The van der Waals surface area contributed by atoms with Gasteiger partial charge in [0.15, 0.2) is 5.82 Å². The lowest BCUT2D eigenvalue weighted by molar-refractivity contribution is 0.0653. The van der Waals surface area contributed by atoms with Crippen LogP contribution in [0.3, 0.4) is 0 Å². The fourth-order valence-corrected chi connectivity index (χ4v) is 2.21. The number of likely N-dealkylation sites (N-methyl/N-ethyl adjacent to an activating group) is 1. The second kappa shape index (κ2) is 4.42. The maximum atomic E-state index is 12.3. The number of nitrogens with zero attached hydrogens (tertiary/aromatic N) is 3. The Morgan fingerprint density at radius 1 is 1.22 bits per heavy atom. The highest BCUT2D eigenvalue weighted by atomic mass is 16.2. The number of H-pyrrole nitrogens is 1. The van der Waals surface area contributed by atoms with Crippen LogP contribution in [0.25, 0.3) is 11.0 Å². The Hall–Kier alpha value is -1.88. The maximum absolute atomic E-state index is 12.3. The van der Waals surface area contributed by atoms with Gasteiger partial charge < -0.3 is 14.8 Å². The Morgan fingerprint density at radius 3 is 2.67 bits per heavy atom. The van der Waals surface area contributed by atoms with Crippen molar-refractivity contribution in [3.63, 3.8) is 0 Å². The third-order valence-electron chi connectivity index (χ3n) is 3.38. The highest BCUT2D eigenvalue weighted by molar-refractivity contribution is 5.94. The number of aromatic amines is 1. The predicted octanol–water partition coefficient (Wildman–Crippen LogP) is 0.950. The minimum Gasteiger partial charge on any atom is -0.334 e. The smallest absolute Gasteiger partial charge is 0.289 e. The van der Waals surface area contributed by atoms with Gasteiger partial charge in [-0.25, -0.2) is 4.98 Å². The van der Waals surface area contributed by atoms with Gasteiger partial charge in [0.1, 0.15) is 0 Å². The summed E-state index contributed by atoms with van der Waals surface area (Å²) in [6.07, 6.45) is 0. The van der Waals surface area contributed by atoms with Gasteiger partial charge in [-0.1, -0.05) is 12.1 Å². The minimum absolute atomic E-state index is 0.000648. The van der Waals surface area contributed by atoms with Crippen molar-refractivity contribution in [1.82, 2.24) is 19.8 Å². The van der Waals surface area contributed by atoms with Crippen molar-refractivity contribution in [1.29, 1.82) is 0 Å². The number of fused-ring (bicyclic) bond motifs is 1. The van der Waals surface area contributed by atoms with Gasteiger partial charge in [0.05, 0.1) is 11.0 Å². The van der Waals surface area contributed by atoms with Crippen LogP contribution in [0, 0.1) is 0 Å². The lowest BCUT2D eigenvalue weighted by Crippen LogP contribution is -2.47. The van der Waals surface area contributed by atoms with E-state index in [0.717, 1.165) is 37.2 Å². The lowest BCUT2D eigenvalue weighted by atomic mass is 10.3.